The molecule has 0 saturated carbocycles. The maximum atomic E-state index is 13.0. The van der Waals surface area contributed by atoms with Gasteiger partial charge in [-0.3, -0.25) is 4.79 Å². The number of carbonyl (C=O) groups excluding carboxylic acids is 1. The largest absolute Gasteiger partial charge is 0.508 e. The minimum Gasteiger partial charge on any atom is -0.508 e. The highest BCUT2D eigenvalue weighted by Crippen LogP contribution is 2.23. The van der Waals surface area contributed by atoms with Crippen LogP contribution in [0.5, 0.6) is 5.75 Å². The Morgan fingerprint density at radius 1 is 1.10 bits per heavy atom. The van der Waals surface area contributed by atoms with Crippen LogP contribution in [0.3, 0.4) is 0 Å². The predicted molar refractivity (Wildman–Crippen MR) is 118 cm³/mol. The number of fused-ring (bicyclic) bond motifs is 1. The summed E-state index contributed by atoms with van der Waals surface area (Å²) < 4.78 is 5.92. The van der Waals surface area contributed by atoms with Crippen LogP contribution in [0.15, 0.2) is 81.0 Å². The number of phenols is 1. The Hall–Kier alpha value is -3.58. The van der Waals surface area contributed by atoms with E-state index in [2.05, 4.69) is 15.3 Å². The molecule has 1 amide bonds. The molecule has 2 aromatic heterocycles. The summed E-state index contributed by atoms with van der Waals surface area (Å²) in [6, 6.07) is 19.5. The number of benzene rings is 2. The van der Waals surface area contributed by atoms with Crippen molar-refractivity contribution in [2.24, 2.45) is 4.99 Å². The Morgan fingerprint density at radius 2 is 1.93 bits per heavy atom. The summed E-state index contributed by atoms with van der Waals surface area (Å²) in [5.41, 5.74) is 2.31. The normalized spacial score (nSPS) is 11.6. The lowest BCUT2D eigenvalue weighted by Gasteiger charge is -2.07. The fraction of sp³-hybridized carbons (Fsp3) is 0.0870. The number of aryl methyl sites for hydroxylation is 1. The number of phenolic OH excluding ortho intramolecular Hbond substituents is 1. The molecule has 150 valence electrons. The molecule has 2 heterocycles. The van der Waals surface area contributed by atoms with Gasteiger partial charge in [-0.25, -0.2) is 9.98 Å². The van der Waals surface area contributed by atoms with Gasteiger partial charge in [0.2, 0.25) is 5.55 Å². The van der Waals surface area contributed by atoms with E-state index in [0.717, 1.165) is 10.6 Å². The van der Waals surface area contributed by atoms with Gasteiger partial charge in [-0.2, -0.15) is 0 Å². The number of hydrogen-bond acceptors (Lipinski definition) is 6. The molecule has 30 heavy (non-hydrogen) atoms. The molecule has 4 rings (SSSR count). The van der Waals surface area contributed by atoms with E-state index in [1.54, 1.807) is 36.0 Å². The first-order valence-corrected chi connectivity index (χ1v) is 10.4. The number of carbonyl (C=O) groups is 1. The van der Waals surface area contributed by atoms with Crippen LogP contribution in [0.4, 0.5) is 11.5 Å². The quantitative estimate of drug-likeness (QED) is 0.454. The SMILES string of the molecule is CSc1cccc(N=c2oc3cc(O)ccc3cc2C(=O)Nc2cccc(C)n2)c1. The predicted octanol–water partition coefficient (Wildman–Crippen LogP) is 5.05. The molecule has 0 fully saturated rings. The van der Waals surface area contributed by atoms with Gasteiger partial charge in [-0.05, 0) is 61.7 Å². The van der Waals surface area contributed by atoms with E-state index in [1.165, 1.54) is 6.07 Å². The van der Waals surface area contributed by atoms with Crippen molar-refractivity contribution < 1.29 is 14.3 Å². The average molecular weight is 417 g/mol. The van der Waals surface area contributed by atoms with Gasteiger partial charge in [0.25, 0.3) is 5.91 Å². The lowest BCUT2D eigenvalue weighted by molar-refractivity contribution is 0.102. The number of anilines is 1. The van der Waals surface area contributed by atoms with Crippen molar-refractivity contribution in [2.45, 2.75) is 11.8 Å². The van der Waals surface area contributed by atoms with Crippen LogP contribution in [0.1, 0.15) is 16.1 Å². The Morgan fingerprint density at radius 3 is 2.73 bits per heavy atom. The van der Waals surface area contributed by atoms with Gasteiger partial charge in [-0.1, -0.05) is 12.1 Å². The van der Waals surface area contributed by atoms with Crippen LogP contribution in [0, 0.1) is 6.92 Å². The molecule has 0 aliphatic rings. The van der Waals surface area contributed by atoms with Gasteiger partial charge in [0.1, 0.15) is 22.7 Å². The van der Waals surface area contributed by atoms with Crippen LogP contribution < -0.4 is 10.9 Å². The lowest BCUT2D eigenvalue weighted by atomic mass is 10.1. The van der Waals surface area contributed by atoms with Gasteiger partial charge < -0.3 is 14.8 Å². The standard InChI is InChI=1S/C23H19N3O3S/c1-14-5-3-8-21(24-14)26-22(28)19-11-15-9-10-17(27)13-20(15)29-23(19)25-16-6-4-7-18(12-16)30-2/h3-13,27H,1-2H3,(H,24,26,28). The van der Waals surface area contributed by atoms with Crippen molar-refractivity contribution in [1.82, 2.24) is 4.98 Å². The van der Waals surface area contributed by atoms with Gasteiger partial charge in [0, 0.05) is 22.0 Å². The van der Waals surface area contributed by atoms with Gasteiger partial charge in [0.15, 0.2) is 0 Å². The van der Waals surface area contributed by atoms with Crippen molar-refractivity contribution in [3.63, 3.8) is 0 Å². The molecule has 6 nitrogen and oxygen atoms in total. The number of rotatable bonds is 4. The smallest absolute Gasteiger partial charge is 0.262 e. The molecular weight excluding hydrogens is 398 g/mol. The number of amides is 1. The summed E-state index contributed by atoms with van der Waals surface area (Å²) in [7, 11) is 0. The van der Waals surface area contributed by atoms with E-state index < -0.39 is 0 Å². The summed E-state index contributed by atoms with van der Waals surface area (Å²) in [6.45, 7) is 1.85. The van der Waals surface area contributed by atoms with Gasteiger partial charge in [-0.15, -0.1) is 11.8 Å². The molecule has 0 saturated heterocycles. The number of hydrogen-bond donors (Lipinski definition) is 2. The van der Waals surface area contributed by atoms with Crippen molar-refractivity contribution in [1.29, 1.82) is 0 Å². The average Bonchev–Trinajstić information content (AvgIpc) is 2.73. The zero-order valence-corrected chi connectivity index (χ0v) is 17.2. The number of aromatic hydroxyl groups is 1. The van der Waals surface area contributed by atoms with E-state index >= 15 is 0 Å². The zero-order valence-electron chi connectivity index (χ0n) is 16.4. The fourth-order valence-corrected chi connectivity index (χ4v) is 3.40. The van der Waals surface area contributed by atoms with Crippen molar-refractivity contribution in [2.75, 3.05) is 11.6 Å². The summed E-state index contributed by atoms with van der Waals surface area (Å²) in [5, 5.41) is 13.3. The molecule has 0 radical (unpaired) electrons. The third-order valence-electron chi connectivity index (χ3n) is 4.39. The first-order valence-electron chi connectivity index (χ1n) is 9.22. The maximum absolute atomic E-state index is 13.0. The third kappa shape index (κ3) is 4.36. The summed E-state index contributed by atoms with van der Waals surface area (Å²) in [4.78, 5) is 23.0. The minimum absolute atomic E-state index is 0.0720. The summed E-state index contributed by atoms with van der Waals surface area (Å²) in [6.07, 6.45) is 1.98. The first-order chi connectivity index (χ1) is 14.5. The summed E-state index contributed by atoms with van der Waals surface area (Å²) in [5.74, 6) is 0.135. The molecule has 0 bridgehead atoms. The van der Waals surface area contributed by atoms with Crippen LogP contribution in [0.25, 0.3) is 11.0 Å². The highest BCUT2D eigenvalue weighted by atomic mass is 32.2. The number of thioether (sulfide) groups is 1. The molecule has 0 unspecified atom stereocenters. The number of aromatic nitrogens is 1. The van der Waals surface area contributed by atoms with E-state index in [1.807, 2.05) is 49.6 Å². The van der Waals surface area contributed by atoms with Crippen LogP contribution in [0.2, 0.25) is 0 Å². The van der Waals surface area contributed by atoms with Crippen LogP contribution >= 0.6 is 11.8 Å². The van der Waals surface area contributed by atoms with Crippen molar-refractivity contribution in [3.8, 4) is 5.75 Å². The first kappa shape index (κ1) is 19.7. The number of nitrogens with zero attached hydrogens (tertiary/aromatic N) is 2. The number of nitrogens with one attached hydrogen (secondary N) is 1. The van der Waals surface area contributed by atoms with Crippen molar-refractivity contribution in [3.05, 3.63) is 83.5 Å². The second kappa shape index (κ2) is 8.42. The molecule has 2 aromatic carbocycles. The van der Waals surface area contributed by atoms with Gasteiger partial charge in [0.05, 0.1) is 5.69 Å². The lowest BCUT2D eigenvalue weighted by Crippen LogP contribution is -2.22. The van der Waals surface area contributed by atoms with E-state index in [0.29, 0.717) is 22.5 Å². The minimum atomic E-state index is -0.383. The highest BCUT2D eigenvalue weighted by Gasteiger charge is 2.14. The second-order valence-electron chi connectivity index (χ2n) is 6.62. The Balaban J connectivity index is 1.85. The molecular formula is C23H19N3O3S. The molecule has 0 aliphatic heterocycles. The Bertz CT molecular complexity index is 1310. The third-order valence-corrected chi connectivity index (χ3v) is 5.12. The van der Waals surface area contributed by atoms with Crippen LogP contribution in [-0.2, 0) is 0 Å². The maximum Gasteiger partial charge on any atom is 0.262 e. The van der Waals surface area contributed by atoms with E-state index in [4.69, 9.17) is 4.42 Å². The van der Waals surface area contributed by atoms with Crippen molar-refractivity contribution >= 4 is 40.1 Å². The second-order valence-corrected chi connectivity index (χ2v) is 7.50. The summed E-state index contributed by atoms with van der Waals surface area (Å²) >= 11 is 1.60. The number of pyridine rings is 1. The zero-order chi connectivity index (χ0) is 21.1. The molecule has 4 aromatic rings. The molecule has 0 spiro atoms. The monoisotopic (exact) mass is 417 g/mol. The molecule has 0 atom stereocenters. The van der Waals surface area contributed by atoms with E-state index in [-0.39, 0.29) is 22.8 Å². The Kier molecular flexibility index (Phi) is 5.54. The highest BCUT2D eigenvalue weighted by molar-refractivity contribution is 7.98. The Labute approximate surface area is 177 Å². The molecule has 0 aliphatic carbocycles. The van der Waals surface area contributed by atoms with Gasteiger partial charge >= 0.3 is 0 Å². The van der Waals surface area contributed by atoms with E-state index in [9.17, 15) is 9.90 Å². The van der Waals surface area contributed by atoms with Crippen LogP contribution in [-0.4, -0.2) is 22.3 Å². The molecule has 2 N–H and O–H groups in total. The topological polar surface area (TPSA) is 87.7 Å². The molecule has 7 heteroatoms. The fourth-order valence-electron chi connectivity index (χ4n) is 2.95.